The molecule has 582 valence electrons. The Morgan fingerprint density at radius 2 is 0.469 bits per heavy atom. The van der Waals surface area contributed by atoms with Gasteiger partial charge in [-0.1, -0.05) is 369 Å². The quantitative estimate of drug-likeness (QED) is 0.0222. The van der Waals surface area contributed by atoms with E-state index >= 15 is 0 Å². The largest absolute Gasteiger partial charge is 0.472 e. The van der Waals surface area contributed by atoms with Crippen LogP contribution in [0.5, 0.6) is 0 Å². The lowest BCUT2D eigenvalue weighted by molar-refractivity contribution is -0.161. The van der Waals surface area contributed by atoms with Crippen LogP contribution in [0.4, 0.5) is 0 Å². The molecule has 3 N–H and O–H groups in total. The van der Waals surface area contributed by atoms with Crippen LogP contribution in [-0.2, 0) is 65.4 Å². The standard InChI is InChI=1S/C79H154O17P2/c1-6-9-12-15-18-21-23-25-27-29-30-31-32-33-34-36-38-40-44-49-54-59-64-78(83)95-75(69-90-77(82)63-58-53-48-43-39-37-35-28-26-24-22-19-16-13-10-7-2)71-94-98(87,88)92-67-73(80)66-91-97(85,86)93-70-74(68-89-76(81)62-57-52-47-20-17-14-11-8-3)96-79(84)65-60-55-50-45-41-42-46-51-56-61-72(4)5/h72-75,80H,6-71H2,1-5H3,(H,85,86)(H,87,88)/t73-,74+,75+/m0/s1. The highest BCUT2D eigenvalue weighted by Crippen LogP contribution is 2.45. The fraction of sp³-hybridized carbons (Fsp3) is 0.949. The molecule has 0 aliphatic carbocycles. The molecule has 0 aromatic rings. The Kier molecular flexibility index (Phi) is 70.6. The molecule has 19 heteroatoms. The molecule has 0 aromatic carbocycles. The topological polar surface area (TPSA) is 237 Å². The Balaban J connectivity index is 5.17. The minimum atomic E-state index is -4.96. The molecule has 0 heterocycles. The number of phosphoric acid groups is 2. The minimum absolute atomic E-state index is 0.106. The Morgan fingerprint density at radius 1 is 0.276 bits per heavy atom. The van der Waals surface area contributed by atoms with Crippen LogP contribution >= 0.6 is 15.6 Å². The van der Waals surface area contributed by atoms with Crippen molar-refractivity contribution in [3.05, 3.63) is 0 Å². The van der Waals surface area contributed by atoms with Crippen molar-refractivity contribution in [2.75, 3.05) is 39.6 Å². The van der Waals surface area contributed by atoms with E-state index in [0.29, 0.717) is 25.7 Å². The summed E-state index contributed by atoms with van der Waals surface area (Å²) >= 11 is 0. The molecule has 0 aliphatic heterocycles. The zero-order valence-corrected chi connectivity index (χ0v) is 65.7. The normalized spacial score (nSPS) is 13.9. The number of carbonyl (C=O) groups is 4. The summed E-state index contributed by atoms with van der Waals surface area (Å²) in [5.41, 5.74) is 0. The average molecular weight is 1440 g/mol. The fourth-order valence-electron chi connectivity index (χ4n) is 12.2. The first-order valence-electron chi connectivity index (χ1n) is 41.1. The first-order valence-corrected chi connectivity index (χ1v) is 44.1. The molecule has 0 spiro atoms. The highest BCUT2D eigenvalue weighted by molar-refractivity contribution is 7.47. The van der Waals surface area contributed by atoms with E-state index in [9.17, 15) is 43.2 Å². The van der Waals surface area contributed by atoms with Gasteiger partial charge in [-0.3, -0.25) is 37.3 Å². The molecule has 0 aromatic heterocycles. The van der Waals surface area contributed by atoms with Gasteiger partial charge in [-0.25, -0.2) is 9.13 Å². The molecule has 0 saturated heterocycles. The van der Waals surface area contributed by atoms with Crippen LogP contribution in [0.1, 0.15) is 420 Å². The lowest BCUT2D eigenvalue weighted by atomic mass is 10.0. The summed E-state index contributed by atoms with van der Waals surface area (Å²) in [6, 6.07) is 0. The van der Waals surface area contributed by atoms with Crippen molar-refractivity contribution in [3.63, 3.8) is 0 Å². The number of phosphoric ester groups is 2. The van der Waals surface area contributed by atoms with Crippen molar-refractivity contribution in [3.8, 4) is 0 Å². The molecule has 0 amide bonds. The number of aliphatic hydroxyl groups is 1. The van der Waals surface area contributed by atoms with Crippen molar-refractivity contribution in [2.24, 2.45) is 5.92 Å². The maximum atomic E-state index is 13.1. The van der Waals surface area contributed by atoms with Crippen LogP contribution in [0, 0.1) is 5.92 Å². The molecule has 98 heavy (non-hydrogen) atoms. The average Bonchev–Trinajstić information content (AvgIpc) is 1.01. The van der Waals surface area contributed by atoms with Gasteiger partial charge in [-0.2, -0.15) is 0 Å². The Bertz CT molecular complexity index is 1870. The highest BCUT2D eigenvalue weighted by Gasteiger charge is 2.30. The van der Waals surface area contributed by atoms with Crippen LogP contribution in [-0.4, -0.2) is 96.7 Å². The third-order valence-electron chi connectivity index (χ3n) is 18.5. The zero-order chi connectivity index (χ0) is 71.9. The molecule has 2 unspecified atom stereocenters. The van der Waals surface area contributed by atoms with Gasteiger partial charge in [0.15, 0.2) is 12.2 Å². The van der Waals surface area contributed by atoms with Gasteiger partial charge in [0.25, 0.3) is 0 Å². The molecular weight excluding hydrogens is 1280 g/mol. The van der Waals surface area contributed by atoms with Crippen LogP contribution in [0.15, 0.2) is 0 Å². The number of unbranched alkanes of at least 4 members (excludes halogenated alkanes) is 51. The van der Waals surface area contributed by atoms with Gasteiger partial charge < -0.3 is 33.8 Å². The van der Waals surface area contributed by atoms with E-state index in [4.69, 9.17) is 37.0 Å². The fourth-order valence-corrected chi connectivity index (χ4v) is 13.8. The second-order valence-electron chi connectivity index (χ2n) is 28.9. The summed E-state index contributed by atoms with van der Waals surface area (Å²) in [7, 11) is -9.91. The van der Waals surface area contributed by atoms with E-state index in [2.05, 4.69) is 34.6 Å². The van der Waals surface area contributed by atoms with E-state index in [1.807, 2.05) is 0 Å². The number of ether oxygens (including phenoxy) is 4. The first-order chi connectivity index (χ1) is 47.5. The number of hydrogen-bond acceptors (Lipinski definition) is 15. The molecule has 17 nitrogen and oxygen atoms in total. The lowest BCUT2D eigenvalue weighted by Gasteiger charge is -2.21. The summed E-state index contributed by atoms with van der Waals surface area (Å²) < 4.78 is 68.5. The van der Waals surface area contributed by atoms with Gasteiger partial charge >= 0.3 is 39.5 Å². The van der Waals surface area contributed by atoms with Gasteiger partial charge in [0, 0.05) is 25.7 Å². The molecule has 0 rings (SSSR count). The third kappa shape index (κ3) is 72.4. The molecular formula is C79H154O17P2. The maximum absolute atomic E-state index is 13.1. The number of hydrogen-bond donors (Lipinski definition) is 3. The van der Waals surface area contributed by atoms with E-state index in [1.54, 1.807) is 0 Å². The van der Waals surface area contributed by atoms with Gasteiger partial charge in [-0.05, 0) is 31.6 Å². The number of esters is 4. The van der Waals surface area contributed by atoms with E-state index in [0.717, 1.165) is 102 Å². The molecule has 5 atom stereocenters. The minimum Gasteiger partial charge on any atom is -0.462 e. The summed E-state index contributed by atoms with van der Waals surface area (Å²) in [5.74, 6) is -1.38. The summed E-state index contributed by atoms with van der Waals surface area (Å²) in [5, 5.41) is 10.6. The Hall–Kier alpha value is -1.94. The maximum Gasteiger partial charge on any atom is 0.472 e. The van der Waals surface area contributed by atoms with Gasteiger partial charge in [0.05, 0.1) is 26.4 Å². The van der Waals surface area contributed by atoms with Crippen LogP contribution in [0.2, 0.25) is 0 Å². The number of carbonyl (C=O) groups excluding carboxylic acids is 4. The third-order valence-corrected chi connectivity index (χ3v) is 20.4. The summed E-state index contributed by atoms with van der Waals surface area (Å²) in [6.07, 6.45) is 62.7. The molecule has 0 bridgehead atoms. The van der Waals surface area contributed by atoms with E-state index < -0.39 is 97.5 Å². The van der Waals surface area contributed by atoms with Crippen molar-refractivity contribution < 1.29 is 80.2 Å². The predicted octanol–water partition coefficient (Wildman–Crippen LogP) is 23.6. The van der Waals surface area contributed by atoms with Crippen molar-refractivity contribution in [2.45, 2.75) is 438 Å². The number of rotatable bonds is 79. The second-order valence-corrected chi connectivity index (χ2v) is 31.8. The highest BCUT2D eigenvalue weighted by atomic mass is 31.2. The van der Waals surface area contributed by atoms with Crippen molar-refractivity contribution in [1.29, 1.82) is 0 Å². The molecule has 0 aliphatic rings. The summed E-state index contributed by atoms with van der Waals surface area (Å²) in [4.78, 5) is 72.8. The zero-order valence-electron chi connectivity index (χ0n) is 63.9. The molecule has 0 fully saturated rings. The van der Waals surface area contributed by atoms with E-state index in [1.165, 1.54) is 238 Å². The lowest BCUT2D eigenvalue weighted by Crippen LogP contribution is -2.30. The summed E-state index contributed by atoms with van der Waals surface area (Å²) in [6.45, 7) is 7.26. The van der Waals surface area contributed by atoms with Crippen molar-refractivity contribution in [1.82, 2.24) is 0 Å². The van der Waals surface area contributed by atoms with Gasteiger partial charge in [-0.15, -0.1) is 0 Å². The van der Waals surface area contributed by atoms with Crippen LogP contribution in [0.25, 0.3) is 0 Å². The molecule has 0 saturated carbocycles. The second kappa shape index (κ2) is 72.0. The first kappa shape index (κ1) is 96.1. The van der Waals surface area contributed by atoms with Crippen LogP contribution in [0.3, 0.4) is 0 Å². The number of aliphatic hydroxyl groups excluding tert-OH is 1. The van der Waals surface area contributed by atoms with Crippen LogP contribution < -0.4 is 0 Å². The monoisotopic (exact) mass is 1440 g/mol. The smallest absolute Gasteiger partial charge is 0.462 e. The van der Waals surface area contributed by atoms with E-state index in [-0.39, 0.29) is 25.7 Å². The SMILES string of the molecule is CCCCCCCCCCCCCCCCCCCCCCCCC(=O)O[C@H](COC(=O)CCCCCCCCCCCCCCCCCC)COP(=O)(O)OC[C@@H](O)COP(=O)(O)OC[C@@H](COC(=O)CCCCCCCCCC)OC(=O)CCCCCCCCCCCC(C)C. The predicted molar refractivity (Wildman–Crippen MR) is 400 cm³/mol. The Morgan fingerprint density at radius 3 is 0.694 bits per heavy atom. The molecule has 0 radical (unpaired) electrons. The van der Waals surface area contributed by atoms with Gasteiger partial charge in [0.1, 0.15) is 19.3 Å². The van der Waals surface area contributed by atoms with Crippen molar-refractivity contribution >= 4 is 39.5 Å². The Labute approximate surface area is 600 Å². The van der Waals surface area contributed by atoms with Gasteiger partial charge in [0.2, 0.25) is 0 Å².